The average molecular weight is 269 g/mol. The van der Waals surface area contributed by atoms with Crippen LogP contribution in [0.2, 0.25) is 0 Å². The highest BCUT2D eigenvalue weighted by Crippen LogP contribution is 2.14. The minimum Gasteiger partial charge on any atom is -0.383 e. The molecule has 20 heavy (non-hydrogen) atoms. The molecule has 2 rings (SSSR count). The molecule has 0 radical (unpaired) electrons. The molecule has 0 aromatic heterocycles. The van der Waals surface area contributed by atoms with Crippen LogP contribution in [0.3, 0.4) is 0 Å². The zero-order chi connectivity index (χ0) is 14.4. The van der Waals surface area contributed by atoms with Gasteiger partial charge in [-0.15, -0.1) is 0 Å². The van der Waals surface area contributed by atoms with Gasteiger partial charge in [-0.05, 0) is 19.1 Å². The van der Waals surface area contributed by atoms with Gasteiger partial charge in [0.15, 0.2) is 5.78 Å². The molecule has 0 spiro atoms. The summed E-state index contributed by atoms with van der Waals surface area (Å²) in [5.74, 6) is -0.236. The number of aliphatic hydroxyl groups is 1. The summed E-state index contributed by atoms with van der Waals surface area (Å²) in [6.07, 6.45) is -1.02. The summed E-state index contributed by atoms with van der Waals surface area (Å²) < 4.78 is 0. The van der Waals surface area contributed by atoms with E-state index in [1.807, 2.05) is 48.2 Å². The predicted octanol–water partition coefficient (Wildman–Crippen LogP) is 2.76. The van der Waals surface area contributed by atoms with Gasteiger partial charge >= 0.3 is 0 Å². The molecule has 0 saturated carbocycles. The van der Waals surface area contributed by atoms with Crippen LogP contribution in [0.4, 0.5) is 5.69 Å². The Kier molecular flexibility index (Phi) is 4.91. The van der Waals surface area contributed by atoms with Crippen LogP contribution in [0.15, 0.2) is 60.7 Å². The Hall–Kier alpha value is -2.13. The number of likely N-dealkylation sites (N-methyl/N-ethyl adjacent to an activating group) is 1. The first kappa shape index (κ1) is 14.3. The quantitative estimate of drug-likeness (QED) is 0.820. The van der Waals surface area contributed by atoms with Crippen LogP contribution in [0, 0.1) is 0 Å². The highest BCUT2D eigenvalue weighted by molar-refractivity contribution is 5.99. The van der Waals surface area contributed by atoms with E-state index < -0.39 is 6.10 Å². The maximum Gasteiger partial charge on any atom is 0.193 e. The van der Waals surface area contributed by atoms with Crippen molar-refractivity contribution in [2.45, 2.75) is 13.0 Å². The van der Waals surface area contributed by atoms with Gasteiger partial charge in [0.05, 0.1) is 6.54 Å². The Labute approximate surface area is 119 Å². The number of rotatable bonds is 6. The molecule has 1 N–H and O–H groups in total. The van der Waals surface area contributed by atoms with Gasteiger partial charge in [-0.2, -0.15) is 0 Å². The number of hydrogen-bond acceptors (Lipinski definition) is 3. The molecule has 3 nitrogen and oxygen atoms in total. The normalized spacial score (nSPS) is 11.9. The first-order valence-corrected chi connectivity index (χ1v) is 6.79. The van der Waals surface area contributed by atoms with Gasteiger partial charge in [0.25, 0.3) is 0 Å². The molecule has 0 aliphatic heterocycles. The molecule has 2 aromatic carbocycles. The zero-order valence-corrected chi connectivity index (χ0v) is 11.6. The third kappa shape index (κ3) is 3.45. The topological polar surface area (TPSA) is 40.5 Å². The van der Waals surface area contributed by atoms with Gasteiger partial charge < -0.3 is 10.0 Å². The number of ketones is 1. The minimum atomic E-state index is -1.02. The Morgan fingerprint density at radius 2 is 1.60 bits per heavy atom. The van der Waals surface area contributed by atoms with Crippen LogP contribution < -0.4 is 4.90 Å². The number of aliphatic hydroxyl groups excluding tert-OH is 1. The van der Waals surface area contributed by atoms with Crippen molar-refractivity contribution in [3.8, 4) is 0 Å². The molecule has 0 bridgehead atoms. The van der Waals surface area contributed by atoms with Gasteiger partial charge in [-0.3, -0.25) is 4.79 Å². The lowest BCUT2D eigenvalue weighted by atomic mass is 10.1. The van der Waals surface area contributed by atoms with Crippen molar-refractivity contribution < 1.29 is 9.90 Å². The van der Waals surface area contributed by atoms with Crippen molar-refractivity contribution in [2.24, 2.45) is 0 Å². The van der Waals surface area contributed by atoms with Crippen molar-refractivity contribution in [3.63, 3.8) is 0 Å². The number of benzene rings is 2. The summed E-state index contributed by atoms with van der Waals surface area (Å²) in [6, 6.07) is 18.7. The Morgan fingerprint density at radius 1 is 1.05 bits per heavy atom. The lowest BCUT2D eigenvalue weighted by Gasteiger charge is -2.25. The smallest absolute Gasteiger partial charge is 0.193 e. The number of carbonyl (C=O) groups is 1. The largest absolute Gasteiger partial charge is 0.383 e. The van der Waals surface area contributed by atoms with E-state index in [4.69, 9.17) is 0 Å². The number of anilines is 1. The van der Waals surface area contributed by atoms with E-state index in [1.165, 1.54) is 0 Å². The average Bonchev–Trinajstić information content (AvgIpc) is 2.53. The molecule has 0 saturated heterocycles. The van der Waals surface area contributed by atoms with Crippen LogP contribution >= 0.6 is 0 Å². The molecular formula is C17H19NO2. The minimum absolute atomic E-state index is 0.236. The van der Waals surface area contributed by atoms with E-state index in [0.29, 0.717) is 12.1 Å². The lowest BCUT2D eigenvalue weighted by Crippen LogP contribution is -2.37. The van der Waals surface area contributed by atoms with Gasteiger partial charge in [0.2, 0.25) is 0 Å². The highest BCUT2D eigenvalue weighted by Gasteiger charge is 2.19. The fraction of sp³-hybridized carbons (Fsp3) is 0.235. The van der Waals surface area contributed by atoms with Crippen LogP contribution in [0.25, 0.3) is 0 Å². The number of hydrogen-bond donors (Lipinski definition) is 1. The molecular weight excluding hydrogens is 250 g/mol. The standard InChI is InChI=1S/C17H19NO2/c1-2-18(15-11-7-4-8-12-15)13-16(19)17(20)14-9-5-3-6-10-14/h3-12,16,19H,2,13H2,1H3. The number of nitrogens with zero attached hydrogens (tertiary/aromatic N) is 1. The van der Waals surface area contributed by atoms with Crippen molar-refractivity contribution in [2.75, 3.05) is 18.0 Å². The SMILES string of the molecule is CCN(CC(O)C(=O)c1ccccc1)c1ccccc1. The zero-order valence-electron chi connectivity index (χ0n) is 11.6. The predicted molar refractivity (Wildman–Crippen MR) is 81.1 cm³/mol. The molecule has 0 aliphatic carbocycles. The molecule has 0 heterocycles. The second kappa shape index (κ2) is 6.87. The molecule has 0 fully saturated rings. The first-order valence-electron chi connectivity index (χ1n) is 6.79. The molecule has 1 unspecified atom stereocenters. The van der Waals surface area contributed by atoms with E-state index in [0.717, 1.165) is 12.2 Å². The number of Topliss-reactive ketones (excluding diaryl/α,β-unsaturated/α-hetero) is 1. The molecule has 2 aromatic rings. The summed E-state index contributed by atoms with van der Waals surface area (Å²) >= 11 is 0. The van der Waals surface area contributed by atoms with Crippen molar-refractivity contribution in [3.05, 3.63) is 66.2 Å². The fourth-order valence-electron chi connectivity index (χ4n) is 2.14. The number of para-hydroxylation sites is 1. The molecule has 1 atom stereocenters. The molecule has 0 aliphatic rings. The number of carbonyl (C=O) groups excluding carboxylic acids is 1. The monoisotopic (exact) mass is 269 g/mol. The maximum atomic E-state index is 12.2. The molecule has 3 heteroatoms. The summed E-state index contributed by atoms with van der Waals surface area (Å²) in [7, 11) is 0. The summed E-state index contributed by atoms with van der Waals surface area (Å²) in [4.78, 5) is 14.1. The van der Waals surface area contributed by atoms with Crippen molar-refractivity contribution in [1.29, 1.82) is 0 Å². The molecule has 104 valence electrons. The van der Waals surface area contributed by atoms with E-state index in [2.05, 4.69) is 0 Å². The van der Waals surface area contributed by atoms with E-state index in [1.54, 1.807) is 24.3 Å². The van der Waals surface area contributed by atoms with Crippen LogP contribution in [-0.4, -0.2) is 30.1 Å². The first-order chi connectivity index (χ1) is 9.72. The van der Waals surface area contributed by atoms with Gasteiger partial charge in [-0.1, -0.05) is 48.5 Å². The van der Waals surface area contributed by atoms with E-state index >= 15 is 0 Å². The van der Waals surface area contributed by atoms with E-state index in [-0.39, 0.29) is 5.78 Å². The Bertz CT molecular complexity index is 539. The summed E-state index contributed by atoms with van der Waals surface area (Å²) in [5, 5.41) is 10.1. The highest BCUT2D eigenvalue weighted by atomic mass is 16.3. The van der Waals surface area contributed by atoms with Gasteiger partial charge in [0, 0.05) is 17.8 Å². The van der Waals surface area contributed by atoms with Crippen LogP contribution in [-0.2, 0) is 0 Å². The fourth-order valence-corrected chi connectivity index (χ4v) is 2.14. The van der Waals surface area contributed by atoms with E-state index in [9.17, 15) is 9.90 Å². The lowest BCUT2D eigenvalue weighted by molar-refractivity contribution is 0.0759. The molecule has 0 amide bonds. The third-order valence-electron chi connectivity index (χ3n) is 3.26. The second-order valence-corrected chi connectivity index (χ2v) is 4.62. The van der Waals surface area contributed by atoms with Crippen LogP contribution in [0.1, 0.15) is 17.3 Å². The third-order valence-corrected chi connectivity index (χ3v) is 3.26. The van der Waals surface area contributed by atoms with Gasteiger partial charge in [0.1, 0.15) is 6.10 Å². The Balaban J connectivity index is 2.06. The maximum absolute atomic E-state index is 12.2. The Morgan fingerprint density at radius 3 is 2.15 bits per heavy atom. The summed E-state index contributed by atoms with van der Waals surface area (Å²) in [5.41, 5.74) is 1.55. The van der Waals surface area contributed by atoms with Crippen molar-refractivity contribution >= 4 is 11.5 Å². The summed E-state index contributed by atoms with van der Waals surface area (Å²) in [6.45, 7) is 3.05. The second-order valence-electron chi connectivity index (χ2n) is 4.62. The van der Waals surface area contributed by atoms with Gasteiger partial charge in [-0.25, -0.2) is 0 Å². The van der Waals surface area contributed by atoms with Crippen molar-refractivity contribution in [1.82, 2.24) is 0 Å². The van der Waals surface area contributed by atoms with Crippen LogP contribution in [0.5, 0.6) is 0 Å².